The van der Waals surface area contributed by atoms with E-state index >= 15 is 0 Å². The fourth-order valence-corrected chi connectivity index (χ4v) is 3.20. The molecule has 8 heteroatoms. The van der Waals surface area contributed by atoms with Crippen LogP contribution in [0, 0.1) is 0 Å². The summed E-state index contributed by atoms with van der Waals surface area (Å²) in [5.74, 6) is 0.285. The molecule has 142 valence electrons. The quantitative estimate of drug-likeness (QED) is 0.743. The highest BCUT2D eigenvalue weighted by Crippen LogP contribution is 2.21. The monoisotopic (exact) mass is 377 g/mol. The van der Waals surface area contributed by atoms with Gasteiger partial charge in [-0.1, -0.05) is 30.3 Å². The molecule has 8 nitrogen and oxygen atoms in total. The van der Waals surface area contributed by atoms with Gasteiger partial charge in [0.2, 0.25) is 0 Å². The van der Waals surface area contributed by atoms with E-state index in [1.807, 2.05) is 30.3 Å². The molecule has 0 unspecified atom stereocenters. The second-order valence-corrected chi connectivity index (χ2v) is 6.58. The fraction of sp³-hybridized carbons (Fsp3) is 0.250. The van der Waals surface area contributed by atoms with Gasteiger partial charge in [0, 0.05) is 25.9 Å². The van der Waals surface area contributed by atoms with Crippen molar-refractivity contribution in [1.82, 2.24) is 20.3 Å². The van der Waals surface area contributed by atoms with E-state index in [1.165, 1.54) is 11.1 Å². The highest BCUT2D eigenvalue weighted by molar-refractivity contribution is 6.01. The molecule has 0 saturated heterocycles. The van der Waals surface area contributed by atoms with Crippen molar-refractivity contribution in [1.29, 1.82) is 0 Å². The van der Waals surface area contributed by atoms with Crippen molar-refractivity contribution >= 4 is 17.6 Å². The topological polar surface area (TPSA) is 101 Å². The van der Waals surface area contributed by atoms with Crippen LogP contribution in [0.1, 0.15) is 34.1 Å². The number of anilines is 1. The lowest BCUT2D eigenvalue weighted by molar-refractivity contribution is -0.120. The lowest BCUT2D eigenvalue weighted by Gasteiger charge is -2.20. The zero-order valence-corrected chi connectivity index (χ0v) is 15.3. The number of nitrogens with one attached hydrogen (secondary N) is 1. The van der Waals surface area contributed by atoms with Gasteiger partial charge in [0.15, 0.2) is 5.82 Å². The first kappa shape index (κ1) is 17.8. The van der Waals surface area contributed by atoms with Gasteiger partial charge in [-0.2, -0.15) is 0 Å². The Balaban J connectivity index is 1.45. The van der Waals surface area contributed by atoms with E-state index in [9.17, 15) is 9.59 Å². The van der Waals surface area contributed by atoms with Crippen LogP contribution in [-0.2, 0) is 17.6 Å². The summed E-state index contributed by atoms with van der Waals surface area (Å²) in [6, 6.07) is 9.07. The summed E-state index contributed by atoms with van der Waals surface area (Å²) in [5, 5.41) is 2.73. The number of nitrogens with zero attached hydrogens (tertiary/aromatic N) is 4. The van der Waals surface area contributed by atoms with Crippen molar-refractivity contribution in [3.05, 3.63) is 71.8 Å². The number of amides is 2. The largest absolute Gasteiger partial charge is 0.437 e. The SMILES string of the molecule is CN1C(=O)[C@@H](NC(=O)c2ncc(Cc3ccccc3)o2)CCc2nccnc21. The van der Waals surface area contributed by atoms with Crippen LogP contribution >= 0.6 is 0 Å². The number of rotatable bonds is 4. The summed E-state index contributed by atoms with van der Waals surface area (Å²) in [5.41, 5.74) is 1.79. The molecular formula is C20H19N5O3. The smallest absolute Gasteiger partial charge is 0.307 e. The molecule has 1 aliphatic rings. The normalized spacial score (nSPS) is 16.4. The van der Waals surface area contributed by atoms with E-state index in [-0.39, 0.29) is 11.8 Å². The summed E-state index contributed by atoms with van der Waals surface area (Å²) >= 11 is 0. The first-order valence-electron chi connectivity index (χ1n) is 8.99. The van der Waals surface area contributed by atoms with Crippen LogP contribution in [0.25, 0.3) is 0 Å². The van der Waals surface area contributed by atoms with E-state index in [0.29, 0.717) is 30.8 Å². The predicted octanol–water partition coefficient (Wildman–Crippen LogP) is 1.76. The van der Waals surface area contributed by atoms with Gasteiger partial charge in [-0.25, -0.2) is 9.97 Å². The minimum absolute atomic E-state index is 0.0561. The van der Waals surface area contributed by atoms with Gasteiger partial charge in [0.05, 0.1) is 11.9 Å². The molecule has 1 atom stereocenters. The molecule has 2 amide bonds. The second-order valence-electron chi connectivity index (χ2n) is 6.58. The summed E-state index contributed by atoms with van der Waals surface area (Å²) in [4.78, 5) is 39.2. The van der Waals surface area contributed by atoms with Gasteiger partial charge in [-0.3, -0.25) is 19.5 Å². The lowest BCUT2D eigenvalue weighted by Crippen LogP contribution is -2.47. The third kappa shape index (κ3) is 3.62. The fourth-order valence-electron chi connectivity index (χ4n) is 3.20. The van der Waals surface area contributed by atoms with Crippen molar-refractivity contribution in [3.63, 3.8) is 0 Å². The third-order valence-electron chi connectivity index (χ3n) is 4.64. The maximum absolute atomic E-state index is 12.7. The van der Waals surface area contributed by atoms with E-state index in [2.05, 4.69) is 20.3 Å². The van der Waals surface area contributed by atoms with Gasteiger partial charge in [-0.15, -0.1) is 0 Å². The first-order valence-corrected chi connectivity index (χ1v) is 8.99. The lowest BCUT2D eigenvalue weighted by atomic mass is 10.1. The van der Waals surface area contributed by atoms with Gasteiger partial charge in [0.1, 0.15) is 11.8 Å². The molecule has 0 fully saturated rings. The van der Waals surface area contributed by atoms with Crippen molar-refractivity contribution in [2.24, 2.45) is 0 Å². The number of oxazole rings is 1. The summed E-state index contributed by atoms with van der Waals surface area (Å²) in [6.45, 7) is 0. The molecule has 0 spiro atoms. The summed E-state index contributed by atoms with van der Waals surface area (Å²) in [6.07, 6.45) is 6.18. The third-order valence-corrected chi connectivity index (χ3v) is 4.64. The van der Waals surface area contributed by atoms with E-state index in [0.717, 1.165) is 11.3 Å². The summed E-state index contributed by atoms with van der Waals surface area (Å²) < 4.78 is 5.57. The molecule has 0 saturated carbocycles. The molecular weight excluding hydrogens is 358 g/mol. The molecule has 2 aromatic heterocycles. The van der Waals surface area contributed by atoms with Crippen LogP contribution < -0.4 is 10.2 Å². The Morgan fingerprint density at radius 3 is 2.82 bits per heavy atom. The predicted molar refractivity (Wildman–Crippen MR) is 101 cm³/mol. The van der Waals surface area contributed by atoms with Crippen LogP contribution in [0.4, 0.5) is 5.82 Å². The number of carbonyl (C=O) groups is 2. The number of carbonyl (C=O) groups excluding carboxylic acids is 2. The average molecular weight is 377 g/mol. The molecule has 28 heavy (non-hydrogen) atoms. The molecule has 1 N–H and O–H groups in total. The zero-order valence-electron chi connectivity index (χ0n) is 15.3. The number of aromatic nitrogens is 3. The van der Waals surface area contributed by atoms with Crippen LogP contribution in [0.2, 0.25) is 0 Å². The molecule has 1 aromatic carbocycles. The van der Waals surface area contributed by atoms with Gasteiger partial charge in [0.25, 0.3) is 11.8 Å². The van der Waals surface area contributed by atoms with E-state index in [1.54, 1.807) is 19.4 Å². The van der Waals surface area contributed by atoms with Crippen molar-refractivity contribution in [2.75, 3.05) is 11.9 Å². The Bertz CT molecular complexity index is 1000. The maximum atomic E-state index is 12.7. The number of fused-ring (bicyclic) bond motifs is 1. The Kier molecular flexibility index (Phi) is 4.84. The Morgan fingerprint density at radius 2 is 2.00 bits per heavy atom. The van der Waals surface area contributed by atoms with Crippen LogP contribution in [0.5, 0.6) is 0 Å². The second kappa shape index (κ2) is 7.59. The number of aryl methyl sites for hydroxylation is 1. The number of hydrogen-bond acceptors (Lipinski definition) is 6. The molecule has 4 rings (SSSR count). The molecule has 3 aromatic rings. The maximum Gasteiger partial charge on any atom is 0.307 e. The Labute approximate surface area is 161 Å². The molecule has 3 heterocycles. The highest BCUT2D eigenvalue weighted by Gasteiger charge is 2.31. The highest BCUT2D eigenvalue weighted by atomic mass is 16.4. The molecule has 0 radical (unpaired) electrons. The zero-order chi connectivity index (χ0) is 19.5. The Hall–Kier alpha value is -3.55. The van der Waals surface area contributed by atoms with Crippen molar-refractivity contribution in [2.45, 2.75) is 25.3 Å². The van der Waals surface area contributed by atoms with Crippen molar-refractivity contribution < 1.29 is 14.0 Å². The molecule has 0 bridgehead atoms. The molecule has 0 aliphatic carbocycles. The Morgan fingerprint density at radius 1 is 1.21 bits per heavy atom. The van der Waals surface area contributed by atoms with Crippen LogP contribution in [-0.4, -0.2) is 39.9 Å². The minimum Gasteiger partial charge on any atom is -0.437 e. The number of likely N-dealkylation sites (N-methyl/N-ethyl adjacent to an activating group) is 1. The average Bonchev–Trinajstić information content (AvgIpc) is 3.15. The van der Waals surface area contributed by atoms with Gasteiger partial charge >= 0.3 is 5.91 Å². The summed E-state index contributed by atoms with van der Waals surface area (Å²) in [7, 11) is 1.63. The number of hydrogen-bond donors (Lipinski definition) is 1. The minimum atomic E-state index is -0.696. The number of benzene rings is 1. The van der Waals surface area contributed by atoms with E-state index in [4.69, 9.17) is 4.42 Å². The first-order chi connectivity index (χ1) is 13.6. The van der Waals surface area contributed by atoms with Crippen LogP contribution in [0.3, 0.4) is 0 Å². The van der Waals surface area contributed by atoms with Crippen LogP contribution in [0.15, 0.2) is 53.3 Å². The van der Waals surface area contributed by atoms with Gasteiger partial charge < -0.3 is 9.73 Å². The van der Waals surface area contributed by atoms with Crippen molar-refractivity contribution in [3.8, 4) is 0 Å². The standard InChI is InChI=1S/C20H19N5O3/c1-25-17-15(21-9-10-22-17)7-8-16(20(25)27)24-18(26)19-23-12-14(28-19)11-13-5-3-2-4-6-13/h2-6,9-10,12,16H,7-8,11H2,1H3,(H,24,26)/t16-/m0/s1. The van der Waals surface area contributed by atoms with Gasteiger partial charge in [-0.05, 0) is 18.4 Å². The molecule has 1 aliphatic heterocycles. The van der Waals surface area contributed by atoms with E-state index < -0.39 is 11.9 Å².